The summed E-state index contributed by atoms with van der Waals surface area (Å²) in [4.78, 5) is 0. The van der Waals surface area contributed by atoms with Crippen molar-refractivity contribution in [1.82, 2.24) is 10.5 Å². The molecule has 3 heteroatoms. The molecule has 0 amide bonds. The predicted octanol–water partition coefficient (Wildman–Crippen LogP) is 2.97. The first-order valence-electron chi connectivity index (χ1n) is 6.60. The van der Waals surface area contributed by atoms with Gasteiger partial charge < -0.3 is 9.84 Å². The van der Waals surface area contributed by atoms with Crippen LogP contribution in [0.4, 0.5) is 0 Å². The van der Waals surface area contributed by atoms with Crippen LogP contribution >= 0.6 is 0 Å². The van der Waals surface area contributed by atoms with Crippen LogP contribution in [0, 0.1) is 0 Å². The average Bonchev–Trinajstić information content (AvgIpc) is 3.05. The van der Waals surface area contributed by atoms with Gasteiger partial charge in [0.15, 0.2) is 0 Å². The quantitative estimate of drug-likeness (QED) is 0.847. The average molecular weight is 220 g/mol. The van der Waals surface area contributed by atoms with E-state index in [1.165, 1.54) is 50.5 Å². The SMILES string of the molecule is c1noc(C2CCCCC2)c1CNC1CC1. The number of aromatic nitrogens is 1. The molecule has 1 aromatic heterocycles. The van der Waals surface area contributed by atoms with E-state index >= 15 is 0 Å². The second-order valence-corrected chi connectivity index (χ2v) is 5.21. The Balaban J connectivity index is 1.65. The highest BCUT2D eigenvalue weighted by Crippen LogP contribution is 2.34. The van der Waals surface area contributed by atoms with E-state index in [0.29, 0.717) is 5.92 Å². The van der Waals surface area contributed by atoms with Crippen molar-refractivity contribution in [2.24, 2.45) is 0 Å². The van der Waals surface area contributed by atoms with Crippen LogP contribution in [0.2, 0.25) is 0 Å². The Labute approximate surface area is 96.6 Å². The molecule has 3 rings (SSSR count). The predicted molar refractivity (Wildman–Crippen MR) is 62.2 cm³/mol. The summed E-state index contributed by atoms with van der Waals surface area (Å²) in [5, 5.41) is 7.52. The molecule has 1 N–H and O–H groups in total. The summed E-state index contributed by atoms with van der Waals surface area (Å²) in [6.45, 7) is 0.944. The van der Waals surface area contributed by atoms with Gasteiger partial charge in [-0.2, -0.15) is 0 Å². The number of nitrogens with one attached hydrogen (secondary N) is 1. The van der Waals surface area contributed by atoms with Gasteiger partial charge in [-0.1, -0.05) is 24.4 Å². The van der Waals surface area contributed by atoms with Crippen LogP contribution in [0.25, 0.3) is 0 Å². The van der Waals surface area contributed by atoms with E-state index in [2.05, 4.69) is 10.5 Å². The Morgan fingerprint density at radius 3 is 2.75 bits per heavy atom. The molecule has 88 valence electrons. The lowest BCUT2D eigenvalue weighted by Crippen LogP contribution is -2.16. The molecule has 0 bridgehead atoms. The van der Waals surface area contributed by atoms with Crippen molar-refractivity contribution in [3.63, 3.8) is 0 Å². The first kappa shape index (κ1) is 10.3. The van der Waals surface area contributed by atoms with Crippen LogP contribution in [0.1, 0.15) is 62.2 Å². The fourth-order valence-electron chi connectivity index (χ4n) is 2.65. The van der Waals surface area contributed by atoms with E-state index in [4.69, 9.17) is 4.52 Å². The fraction of sp³-hybridized carbons (Fsp3) is 0.769. The van der Waals surface area contributed by atoms with Crippen molar-refractivity contribution in [3.05, 3.63) is 17.5 Å². The summed E-state index contributed by atoms with van der Waals surface area (Å²) in [5.74, 6) is 1.79. The summed E-state index contributed by atoms with van der Waals surface area (Å²) < 4.78 is 5.47. The van der Waals surface area contributed by atoms with E-state index in [0.717, 1.165) is 18.3 Å². The van der Waals surface area contributed by atoms with Crippen LogP contribution in [-0.2, 0) is 6.54 Å². The topological polar surface area (TPSA) is 38.1 Å². The molecule has 1 heterocycles. The molecule has 2 saturated carbocycles. The maximum atomic E-state index is 5.47. The van der Waals surface area contributed by atoms with Crippen molar-refractivity contribution in [3.8, 4) is 0 Å². The number of nitrogens with zero attached hydrogens (tertiary/aromatic N) is 1. The summed E-state index contributed by atoms with van der Waals surface area (Å²) in [7, 11) is 0. The van der Waals surface area contributed by atoms with E-state index in [1.807, 2.05) is 6.20 Å². The van der Waals surface area contributed by atoms with Gasteiger partial charge in [0.05, 0.1) is 6.20 Å². The largest absolute Gasteiger partial charge is 0.361 e. The first-order chi connectivity index (χ1) is 7.93. The molecule has 0 aliphatic heterocycles. The van der Waals surface area contributed by atoms with Crippen LogP contribution in [0.5, 0.6) is 0 Å². The Kier molecular flexibility index (Phi) is 2.96. The van der Waals surface area contributed by atoms with E-state index in [1.54, 1.807) is 0 Å². The zero-order chi connectivity index (χ0) is 10.8. The highest BCUT2D eigenvalue weighted by atomic mass is 16.5. The summed E-state index contributed by atoms with van der Waals surface area (Å²) >= 11 is 0. The molecule has 0 unspecified atom stereocenters. The molecule has 1 aromatic rings. The van der Waals surface area contributed by atoms with Crippen LogP contribution in [0.3, 0.4) is 0 Å². The van der Waals surface area contributed by atoms with Crippen molar-refractivity contribution in [2.75, 3.05) is 0 Å². The second-order valence-electron chi connectivity index (χ2n) is 5.21. The van der Waals surface area contributed by atoms with Crippen LogP contribution < -0.4 is 5.32 Å². The minimum Gasteiger partial charge on any atom is -0.361 e. The highest BCUT2D eigenvalue weighted by Gasteiger charge is 2.24. The molecule has 16 heavy (non-hydrogen) atoms. The fourth-order valence-corrected chi connectivity index (χ4v) is 2.65. The summed E-state index contributed by atoms with van der Waals surface area (Å²) in [6, 6.07) is 0.758. The lowest BCUT2D eigenvalue weighted by atomic mass is 9.86. The molecule has 3 nitrogen and oxygen atoms in total. The number of hydrogen-bond acceptors (Lipinski definition) is 3. The Hall–Kier alpha value is -0.830. The molecule has 2 aliphatic rings. The van der Waals surface area contributed by atoms with Gasteiger partial charge in [-0.25, -0.2) is 0 Å². The molecule has 0 aromatic carbocycles. The lowest BCUT2D eigenvalue weighted by molar-refractivity contribution is 0.319. The van der Waals surface area contributed by atoms with Gasteiger partial charge in [0, 0.05) is 24.1 Å². The van der Waals surface area contributed by atoms with Crippen molar-refractivity contribution < 1.29 is 4.52 Å². The standard InChI is InChI=1S/C13H20N2O/c1-2-4-10(5-3-1)13-11(9-15-16-13)8-14-12-6-7-12/h9-10,12,14H,1-8H2. The first-order valence-corrected chi connectivity index (χ1v) is 6.60. The molecule has 0 spiro atoms. The molecule has 0 saturated heterocycles. The van der Waals surface area contributed by atoms with Crippen LogP contribution in [-0.4, -0.2) is 11.2 Å². The van der Waals surface area contributed by atoms with Crippen LogP contribution in [0.15, 0.2) is 10.7 Å². The maximum absolute atomic E-state index is 5.47. The normalized spacial score (nSPS) is 22.5. The molecule has 0 atom stereocenters. The minimum absolute atomic E-state index is 0.632. The summed E-state index contributed by atoms with van der Waals surface area (Å²) in [5.41, 5.74) is 1.29. The van der Waals surface area contributed by atoms with Gasteiger partial charge in [0.25, 0.3) is 0 Å². The molecular weight excluding hydrogens is 200 g/mol. The molecule has 2 fully saturated rings. The number of rotatable bonds is 4. The maximum Gasteiger partial charge on any atom is 0.144 e. The highest BCUT2D eigenvalue weighted by molar-refractivity contribution is 5.18. The van der Waals surface area contributed by atoms with E-state index < -0.39 is 0 Å². The van der Waals surface area contributed by atoms with Gasteiger partial charge in [-0.3, -0.25) is 0 Å². The third kappa shape index (κ3) is 2.29. The van der Waals surface area contributed by atoms with Gasteiger partial charge in [-0.15, -0.1) is 0 Å². The summed E-state index contributed by atoms with van der Waals surface area (Å²) in [6.07, 6.45) is 11.2. The molecular formula is C13H20N2O. The molecule has 0 radical (unpaired) electrons. The Morgan fingerprint density at radius 2 is 2.00 bits per heavy atom. The lowest BCUT2D eigenvalue weighted by Gasteiger charge is -2.19. The smallest absolute Gasteiger partial charge is 0.144 e. The third-order valence-electron chi connectivity index (χ3n) is 3.81. The van der Waals surface area contributed by atoms with Crippen molar-refractivity contribution in [2.45, 2.75) is 63.5 Å². The van der Waals surface area contributed by atoms with Crippen molar-refractivity contribution >= 4 is 0 Å². The monoisotopic (exact) mass is 220 g/mol. The Bertz CT molecular complexity index is 337. The van der Waals surface area contributed by atoms with Gasteiger partial charge >= 0.3 is 0 Å². The third-order valence-corrected chi connectivity index (χ3v) is 3.81. The zero-order valence-corrected chi connectivity index (χ0v) is 9.74. The van der Waals surface area contributed by atoms with E-state index in [9.17, 15) is 0 Å². The number of hydrogen-bond donors (Lipinski definition) is 1. The Morgan fingerprint density at radius 1 is 1.19 bits per heavy atom. The zero-order valence-electron chi connectivity index (χ0n) is 9.74. The van der Waals surface area contributed by atoms with Crippen molar-refractivity contribution in [1.29, 1.82) is 0 Å². The van der Waals surface area contributed by atoms with Gasteiger partial charge in [0.2, 0.25) is 0 Å². The molecule has 2 aliphatic carbocycles. The van der Waals surface area contributed by atoms with E-state index in [-0.39, 0.29) is 0 Å². The minimum atomic E-state index is 0.632. The van der Waals surface area contributed by atoms with Gasteiger partial charge in [0.1, 0.15) is 5.76 Å². The second kappa shape index (κ2) is 4.58. The van der Waals surface area contributed by atoms with Gasteiger partial charge in [-0.05, 0) is 25.7 Å².